The van der Waals surface area contributed by atoms with Crippen molar-refractivity contribution < 1.29 is 0 Å². The summed E-state index contributed by atoms with van der Waals surface area (Å²) >= 11 is 0. The van der Waals surface area contributed by atoms with E-state index in [4.69, 9.17) is 0 Å². The van der Waals surface area contributed by atoms with Crippen LogP contribution in [0.25, 0.3) is 10.8 Å². The summed E-state index contributed by atoms with van der Waals surface area (Å²) < 4.78 is 0. The first-order chi connectivity index (χ1) is 9.00. The lowest BCUT2D eigenvalue weighted by Gasteiger charge is -2.35. The van der Waals surface area contributed by atoms with Gasteiger partial charge in [0.2, 0.25) is 0 Å². The van der Waals surface area contributed by atoms with Gasteiger partial charge in [-0.2, -0.15) is 0 Å². The van der Waals surface area contributed by atoms with Gasteiger partial charge in [0.15, 0.2) is 0 Å². The lowest BCUT2D eigenvalue weighted by atomic mass is 10.0. The van der Waals surface area contributed by atoms with Crippen LogP contribution in [0.3, 0.4) is 0 Å². The Bertz CT molecular complexity index is 537. The van der Waals surface area contributed by atoms with Crippen molar-refractivity contribution in [3.63, 3.8) is 0 Å². The zero-order chi connectivity index (χ0) is 13.9. The van der Waals surface area contributed by atoms with Crippen LogP contribution in [0.2, 0.25) is 0 Å². The van der Waals surface area contributed by atoms with Crippen LogP contribution in [-0.2, 0) is 6.54 Å². The fourth-order valence-corrected chi connectivity index (χ4v) is 2.48. The summed E-state index contributed by atoms with van der Waals surface area (Å²) in [4.78, 5) is 2.55. The standard InChI is InChI=1S/C18H25N/c1-5-12-19(18(2,3)4)14-15-10-11-16-8-6-7-9-17(16)13-15/h6-11,13H,5,12,14H2,1-4H3. The van der Waals surface area contributed by atoms with Crippen molar-refractivity contribution in [3.8, 4) is 0 Å². The fraction of sp³-hybridized carbons (Fsp3) is 0.444. The fourth-order valence-electron chi connectivity index (χ4n) is 2.48. The van der Waals surface area contributed by atoms with Crippen molar-refractivity contribution in [2.24, 2.45) is 0 Å². The number of nitrogens with zero attached hydrogens (tertiary/aromatic N) is 1. The minimum absolute atomic E-state index is 0.224. The number of benzene rings is 2. The van der Waals surface area contributed by atoms with Gasteiger partial charge < -0.3 is 0 Å². The van der Waals surface area contributed by atoms with Gasteiger partial charge in [0.25, 0.3) is 0 Å². The van der Waals surface area contributed by atoms with Crippen LogP contribution in [0.4, 0.5) is 0 Å². The van der Waals surface area contributed by atoms with Crippen LogP contribution in [0.1, 0.15) is 39.7 Å². The van der Waals surface area contributed by atoms with Gasteiger partial charge in [0, 0.05) is 12.1 Å². The molecular weight excluding hydrogens is 230 g/mol. The first kappa shape index (κ1) is 14.1. The van der Waals surface area contributed by atoms with E-state index in [0.717, 1.165) is 13.1 Å². The lowest BCUT2D eigenvalue weighted by Crippen LogP contribution is -2.41. The highest BCUT2D eigenvalue weighted by molar-refractivity contribution is 5.82. The third-order valence-electron chi connectivity index (χ3n) is 3.63. The monoisotopic (exact) mass is 255 g/mol. The van der Waals surface area contributed by atoms with Crippen molar-refractivity contribution in [3.05, 3.63) is 48.0 Å². The summed E-state index contributed by atoms with van der Waals surface area (Å²) in [7, 11) is 0. The Morgan fingerprint density at radius 1 is 0.947 bits per heavy atom. The largest absolute Gasteiger partial charge is 0.294 e. The average molecular weight is 255 g/mol. The molecule has 2 aromatic carbocycles. The van der Waals surface area contributed by atoms with Gasteiger partial charge in [-0.15, -0.1) is 0 Å². The Kier molecular flexibility index (Phi) is 4.26. The third kappa shape index (κ3) is 3.57. The molecule has 2 rings (SSSR count). The molecule has 1 heteroatoms. The molecule has 0 saturated carbocycles. The van der Waals surface area contributed by atoms with Crippen LogP contribution in [0.5, 0.6) is 0 Å². The van der Waals surface area contributed by atoms with Gasteiger partial charge in [0.05, 0.1) is 0 Å². The van der Waals surface area contributed by atoms with Crippen LogP contribution in [0, 0.1) is 0 Å². The highest BCUT2D eigenvalue weighted by Gasteiger charge is 2.20. The molecule has 0 unspecified atom stereocenters. The zero-order valence-corrected chi connectivity index (χ0v) is 12.6. The Balaban J connectivity index is 2.23. The molecule has 0 radical (unpaired) electrons. The number of rotatable bonds is 4. The van der Waals surface area contributed by atoms with E-state index in [1.54, 1.807) is 0 Å². The molecule has 0 aromatic heterocycles. The molecule has 0 saturated heterocycles. The molecule has 0 fully saturated rings. The number of hydrogen-bond donors (Lipinski definition) is 0. The maximum Gasteiger partial charge on any atom is 0.0239 e. The number of fused-ring (bicyclic) bond motifs is 1. The van der Waals surface area contributed by atoms with Crippen LogP contribution in [-0.4, -0.2) is 17.0 Å². The summed E-state index contributed by atoms with van der Waals surface area (Å²) in [6.45, 7) is 11.3. The second-order valence-electron chi connectivity index (χ2n) is 6.27. The van der Waals surface area contributed by atoms with E-state index in [0.29, 0.717) is 0 Å². The van der Waals surface area contributed by atoms with E-state index in [9.17, 15) is 0 Å². The summed E-state index contributed by atoms with van der Waals surface area (Å²) in [5.74, 6) is 0. The average Bonchev–Trinajstić information content (AvgIpc) is 2.37. The topological polar surface area (TPSA) is 3.24 Å². The normalized spacial score (nSPS) is 12.3. The van der Waals surface area contributed by atoms with Crippen molar-refractivity contribution >= 4 is 10.8 Å². The van der Waals surface area contributed by atoms with Gasteiger partial charge in [-0.1, -0.05) is 43.3 Å². The summed E-state index contributed by atoms with van der Waals surface area (Å²) in [6, 6.07) is 15.4. The van der Waals surface area contributed by atoms with Crippen molar-refractivity contribution in [1.29, 1.82) is 0 Å². The second kappa shape index (κ2) is 5.75. The molecule has 0 bridgehead atoms. The van der Waals surface area contributed by atoms with Crippen molar-refractivity contribution in [2.45, 2.75) is 46.2 Å². The molecule has 1 nitrogen and oxygen atoms in total. The highest BCUT2D eigenvalue weighted by Crippen LogP contribution is 2.21. The molecule has 102 valence electrons. The van der Waals surface area contributed by atoms with Gasteiger partial charge in [-0.25, -0.2) is 0 Å². The van der Waals surface area contributed by atoms with Gasteiger partial charge in [0.1, 0.15) is 0 Å². The Labute approximate surface area is 117 Å². The molecule has 19 heavy (non-hydrogen) atoms. The molecule has 0 N–H and O–H groups in total. The van der Waals surface area contributed by atoms with Crippen molar-refractivity contribution in [2.75, 3.05) is 6.54 Å². The van der Waals surface area contributed by atoms with E-state index >= 15 is 0 Å². The summed E-state index contributed by atoms with van der Waals surface area (Å²) in [5, 5.41) is 2.66. The Morgan fingerprint density at radius 3 is 2.26 bits per heavy atom. The Morgan fingerprint density at radius 2 is 1.63 bits per heavy atom. The van der Waals surface area contributed by atoms with Crippen molar-refractivity contribution in [1.82, 2.24) is 4.90 Å². The van der Waals surface area contributed by atoms with E-state index in [2.05, 4.69) is 75.1 Å². The van der Waals surface area contributed by atoms with E-state index in [1.807, 2.05) is 0 Å². The summed E-state index contributed by atoms with van der Waals surface area (Å²) in [5.41, 5.74) is 1.63. The third-order valence-corrected chi connectivity index (χ3v) is 3.63. The SMILES string of the molecule is CCCN(Cc1ccc2ccccc2c1)C(C)(C)C. The lowest BCUT2D eigenvalue weighted by molar-refractivity contribution is 0.128. The number of hydrogen-bond acceptors (Lipinski definition) is 1. The molecule has 2 aromatic rings. The van der Waals surface area contributed by atoms with E-state index < -0.39 is 0 Å². The molecule has 0 atom stereocenters. The quantitative estimate of drug-likeness (QED) is 0.755. The molecular formula is C18H25N. The molecule has 0 amide bonds. The van der Waals surface area contributed by atoms with Gasteiger partial charge in [-0.05, 0) is 56.1 Å². The molecule has 0 aliphatic heterocycles. The minimum atomic E-state index is 0.224. The van der Waals surface area contributed by atoms with Gasteiger partial charge in [-0.3, -0.25) is 4.90 Å². The molecule has 0 aliphatic rings. The smallest absolute Gasteiger partial charge is 0.0239 e. The predicted molar refractivity (Wildman–Crippen MR) is 84.4 cm³/mol. The minimum Gasteiger partial charge on any atom is -0.294 e. The molecule has 0 spiro atoms. The van der Waals surface area contributed by atoms with Crippen LogP contribution < -0.4 is 0 Å². The van der Waals surface area contributed by atoms with Crippen LogP contribution in [0.15, 0.2) is 42.5 Å². The molecule has 0 heterocycles. The first-order valence-corrected chi connectivity index (χ1v) is 7.23. The Hall–Kier alpha value is -1.34. The molecule has 0 aliphatic carbocycles. The maximum atomic E-state index is 2.55. The van der Waals surface area contributed by atoms with Crippen LogP contribution >= 0.6 is 0 Å². The first-order valence-electron chi connectivity index (χ1n) is 7.23. The predicted octanol–water partition coefficient (Wildman–Crippen LogP) is 4.85. The zero-order valence-electron chi connectivity index (χ0n) is 12.6. The van der Waals surface area contributed by atoms with E-state index in [1.165, 1.54) is 22.8 Å². The summed E-state index contributed by atoms with van der Waals surface area (Å²) in [6.07, 6.45) is 1.20. The van der Waals surface area contributed by atoms with E-state index in [-0.39, 0.29) is 5.54 Å². The maximum absolute atomic E-state index is 2.55. The second-order valence-corrected chi connectivity index (χ2v) is 6.27. The van der Waals surface area contributed by atoms with Gasteiger partial charge >= 0.3 is 0 Å². The highest BCUT2D eigenvalue weighted by atomic mass is 15.2.